The number of nitrogens with one attached hydrogen (secondary N) is 1. The molecule has 0 aliphatic heterocycles. The summed E-state index contributed by atoms with van der Waals surface area (Å²) in [4.78, 5) is 11.2. The van der Waals surface area contributed by atoms with Gasteiger partial charge in [-0.25, -0.2) is 0 Å². The lowest BCUT2D eigenvalue weighted by molar-refractivity contribution is 0.0993. The topological polar surface area (TPSA) is 29.1 Å². The molecule has 0 aliphatic carbocycles. The smallest absolute Gasteiger partial charge is 0.176 e. The van der Waals surface area contributed by atoms with Gasteiger partial charge in [0.05, 0.1) is 6.54 Å². The molecule has 16 heavy (non-hydrogen) atoms. The highest BCUT2D eigenvalue weighted by Gasteiger charge is 2.00. The summed E-state index contributed by atoms with van der Waals surface area (Å²) in [7, 11) is 1.76. The molecule has 1 rings (SSSR count). The molecular formula is C14H25NO. The molecule has 0 bridgehead atoms. The van der Waals surface area contributed by atoms with Gasteiger partial charge in [-0.05, 0) is 7.05 Å². The van der Waals surface area contributed by atoms with Gasteiger partial charge in [0.1, 0.15) is 0 Å². The van der Waals surface area contributed by atoms with Gasteiger partial charge in [0, 0.05) is 5.56 Å². The van der Waals surface area contributed by atoms with Crippen LogP contribution in [0.15, 0.2) is 30.3 Å². The number of carbonyl (C=O) groups excluding carboxylic acids is 1. The number of Topliss-reactive ketones (excluding diaryl/α,β-unsaturated/α-hetero) is 1. The van der Waals surface area contributed by atoms with Crippen LogP contribution in [0.3, 0.4) is 0 Å². The van der Waals surface area contributed by atoms with Crippen molar-refractivity contribution in [2.24, 2.45) is 0 Å². The van der Waals surface area contributed by atoms with Gasteiger partial charge < -0.3 is 5.32 Å². The minimum absolute atomic E-state index is 0.133. The van der Waals surface area contributed by atoms with Crippen molar-refractivity contribution in [3.8, 4) is 0 Å². The van der Waals surface area contributed by atoms with Crippen LogP contribution in [0.1, 0.15) is 44.5 Å². The maximum absolute atomic E-state index is 11.2. The van der Waals surface area contributed by atoms with Gasteiger partial charge in [0.15, 0.2) is 5.78 Å². The van der Waals surface area contributed by atoms with Crippen LogP contribution >= 0.6 is 0 Å². The minimum atomic E-state index is 0.133. The standard InChI is InChI=1S/C9H11NO.C3H8.C2H6/c1-10-7-9(11)8-5-3-2-4-6-8;1-3-2;1-2/h2-6,10H,7H2,1H3;3H2,1-2H3;1-2H3. The molecule has 1 N–H and O–H groups in total. The normalized spacial score (nSPS) is 8.06. The second kappa shape index (κ2) is 13.8. The highest BCUT2D eigenvalue weighted by Crippen LogP contribution is 1.98. The molecule has 0 aliphatic rings. The van der Waals surface area contributed by atoms with E-state index in [4.69, 9.17) is 0 Å². The minimum Gasteiger partial charge on any atom is -0.313 e. The first-order chi connectivity index (χ1) is 7.76. The molecule has 0 unspecified atom stereocenters. The summed E-state index contributed by atoms with van der Waals surface area (Å²) in [6.45, 7) is 8.66. The molecule has 0 atom stereocenters. The Morgan fingerprint density at radius 3 is 1.94 bits per heavy atom. The summed E-state index contributed by atoms with van der Waals surface area (Å²) in [5.74, 6) is 0.133. The summed E-state index contributed by atoms with van der Waals surface area (Å²) in [5.41, 5.74) is 0.766. The number of hydrogen-bond donors (Lipinski definition) is 1. The predicted octanol–water partition coefficient (Wildman–Crippen LogP) is 3.53. The number of likely N-dealkylation sites (N-methyl/N-ethyl adjacent to an activating group) is 1. The van der Waals surface area contributed by atoms with E-state index in [0.717, 1.165) is 5.56 Å². The lowest BCUT2D eigenvalue weighted by Crippen LogP contribution is -2.18. The highest BCUT2D eigenvalue weighted by atomic mass is 16.1. The molecule has 0 heterocycles. The molecule has 0 saturated heterocycles. The SMILES string of the molecule is CC.CCC.CNCC(=O)c1ccccc1. The largest absolute Gasteiger partial charge is 0.313 e. The average Bonchev–Trinajstić information content (AvgIpc) is 2.34. The third kappa shape index (κ3) is 9.41. The van der Waals surface area contributed by atoms with E-state index in [9.17, 15) is 4.79 Å². The number of hydrogen-bond acceptors (Lipinski definition) is 2. The van der Waals surface area contributed by atoms with E-state index in [1.165, 1.54) is 6.42 Å². The van der Waals surface area contributed by atoms with E-state index in [1.807, 2.05) is 44.2 Å². The number of benzene rings is 1. The average molecular weight is 223 g/mol. The van der Waals surface area contributed by atoms with Crippen molar-refractivity contribution in [3.63, 3.8) is 0 Å². The van der Waals surface area contributed by atoms with Crippen LogP contribution in [0.2, 0.25) is 0 Å². The maximum Gasteiger partial charge on any atom is 0.176 e. The van der Waals surface area contributed by atoms with Crippen molar-refractivity contribution in [1.29, 1.82) is 0 Å². The van der Waals surface area contributed by atoms with E-state index in [2.05, 4.69) is 19.2 Å². The molecule has 0 fully saturated rings. The zero-order valence-electron chi connectivity index (χ0n) is 11.2. The fourth-order valence-corrected chi connectivity index (χ4v) is 0.887. The van der Waals surface area contributed by atoms with E-state index in [1.54, 1.807) is 7.05 Å². The fourth-order valence-electron chi connectivity index (χ4n) is 0.887. The molecule has 0 radical (unpaired) electrons. The van der Waals surface area contributed by atoms with Gasteiger partial charge in [-0.2, -0.15) is 0 Å². The molecule has 0 amide bonds. The monoisotopic (exact) mass is 223 g/mol. The molecule has 0 spiro atoms. The Morgan fingerprint density at radius 2 is 1.56 bits per heavy atom. The number of ketones is 1. The number of carbonyl (C=O) groups is 1. The summed E-state index contributed by atoms with van der Waals surface area (Å²) >= 11 is 0. The summed E-state index contributed by atoms with van der Waals surface area (Å²) in [6.07, 6.45) is 1.25. The number of rotatable bonds is 3. The van der Waals surface area contributed by atoms with Gasteiger partial charge in [0.2, 0.25) is 0 Å². The van der Waals surface area contributed by atoms with Crippen LogP contribution in [0.25, 0.3) is 0 Å². The lowest BCUT2D eigenvalue weighted by Gasteiger charge is -1.97. The van der Waals surface area contributed by atoms with E-state index >= 15 is 0 Å². The first-order valence-corrected chi connectivity index (χ1v) is 5.99. The Labute approximate surface area is 100 Å². The Morgan fingerprint density at radius 1 is 1.12 bits per heavy atom. The second-order valence-corrected chi connectivity index (χ2v) is 3.03. The van der Waals surface area contributed by atoms with E-state index in [0.29, 0.717) is 6.54 Å². The van der Waals surface area contributed by atoms with E-state index in [-0.39, 0.29) is 5.78 Å². The maximum atomic E-state index is 11.2. The van der Waals surface area contributed by atoms with Crippen molar-refractivity contribution in [2.75, 3.05) is 13.6 Å². The fraction of sp³-hybridized carbons (Fsp3) is 0.500. The summed E-state index contributed by atoms with van der Waals surface area (Å²) in [6, 6.07) is 9.27. The molecule has 2 nitrogen and oxygen atoms in total. The van der Waals surface area contributed by atoms with Crippen LogP contribution in [0.4, 0.5) is 0 Å². The van der Waals surface area contributed by atoms with Crippen molar-refractivity contribution in [2.45, 2.75) is 34.1 Å². The van der Waals surface area contributed by atoms with E-state index < -0.39 is 0 Å². The molecular weight excluding hydrogens is 198 g/mol. The highest BCUT2D eigenvalue weighted by molar-refractivity contribution is 5.97. The molecule has 0 saturated carbocycles. The third-order valence-electron chi connectivity index (χ3n) is 1.43. The van der Waals surface area contributed by atoms with Crippen LogP contribution in [-0.2, 0) is 0 Å². The zero-order chi connectivity index (χ0) is 12.8. The van der Waals surface area contributed by atoms with Crippen LogP contribution < -0.4 is 5.32 Å². The van der Waals surface area contributed by atoms with Crippen LogP contribution in [0.5, 0.6) is 0 Å². The van der Waals surface area contributed by atoms with Gasteiger partial charge in [-0.1, -0.05) is 64.4 Å². The quantitative estimate of drug-likeness (QED) is 0.794. The molecule has 1 aromatic carbocycles. The Bertz CT molecular complexity index is 244. The Hall–Kier alpha value is -1.15. The van der Waals surface area contributed by atoms with Gasteiger partial charge in [-0.3, -0.25) is 4.79 Å². The van der Waals surface area contributed by atoms with Crippen LogP contribution in [-0.4, -0.2) is 19.4 Å². The predicted molar refractivity (Wildman–Crippen MR) is 72.0 cm³/mol. The molecule has 2 heteroatoms. The first kappa shape index (κ1) is 17.3. The van der Waals surface area contributed by atoms with Crippen molar-refractivity contribution >= 4 is 5.78 Å². The first-order valence-electron chi connectivity index (χ1n) is 5.99. The summed E-state index contributed by atoms with van der Waals surface area (Å²) in [5, 5.41) is 2.82. The third-order valence-corrected chi connectivity index (χ3v) is 1.43. The van der Waals surface area contributed by atoms with Crippen molar-refractivity contribution in [3.05, 3.63) is 35.9 Å². The van der Waals surface area contributed by atoms with Gasteiger partial charge in [0.25, 0.3) is 0 Å². The van der Waals surface area contributed by atoms with Crippen molar-refractivity contribution in [1.82, 2.24) is 5.32 Å². The second-order valence-electron chi connectivity index (χ2n) is 3.03. The molecule has 0 aromatic heterocycles. The van der Waals surface area contributed by atoms with Crippen LogP contribution in [0, 0.1) is 0 Å². The summed E-state index contributed by atoms with van der Waals surface area (Å²) < 4.78 is 0. The van der Waals surface area contributed by atoms with Gasteiger partial charge in [-0.15, -0.1) is 0 Å². The molecule has 1 aromatic rings. The Balaban J connectivity index is 0. The molecule has 92 valence electrons. The van der Waals surface area contributed by atoms with Gasteiger partial charge >= 0.3 is 0 Å². The Kier molecular flexibility index (Phi) is 14.9. The van der Waals surface area contributed by atoms with Crippen molar-refractivity contribution < 1.29 is 4.79 Å². The lowest BCUT2D eigenvalue weighted by atomic mass is 10.1. The zero-order valence-corrected chi connectivity index (χ0v) is 11.2.